The first-order valence-corrected chi connectivity index (χ1v) is 6.36. The van der Waals surface area contributed by atoms with Crippen molar-refractivity contribution in [3.63, 3.8) is 0 Å². The van der Waals surface area contributed by atoms with E-state index in [1.165, 1.54) is 7.11 Å². The van der Waals surface area contributed by atoms with E-state index < -0.39 is 5.97 Å². The number of ether oxygens (including phenoxy) is 2. The third kappa shape index (κ3) is 3.35. The van der Waals surface area contributed by atoms with Gasteiger partial charge >= 0.3 is 5.97 Å². The van der Waals surface area contributed by atoms with Gasteiger partial charge in [0.2, 0.25) is 0 Å². The second kappa shape index (κ2) is 6.38. The molecule has 1 aliphatic heterocycles. The number of anilines is 2. The molecule has 6 nitrogen and oxygen atoms in total. The fraction of sp³-hybridized carbons (Fsp3) is 0.538. The number of nitrogens with two attached hydrogens (primary N) is 1. The highest BCUT2D eigenvalue weighted by atomic mass is 16.5. The van der Waals surface area contributed by atoms with Crippen LogP contribution in [0.2, 0.25) is 0 Å². The van der Waals surface area contributed by atoms with Crippen molar-refractivity contribution in [3.05, 3.63) is 17.8 Å². The molecule has 0 aliphatic carbocycles. The molecule has 1 saturated heterocycles. The van der Waals surface area contributed by atoms with E-state index in [1.807, 2.05) is 0 Å². The molecule has 0 amide bonds. The molecule has 104 valence electrons. The first-order valence-electron chi connectivity index (χ1n) is 6.36. The molecule has 0 aromatic carbocycles. The maximum absolute atomic E-state index is 11.5. The zero-order chi connectivity index (χ0) is 13.7. The summed E-state index contributed by atoms with van der Waals surface area (Å²) in [4.78, 5) is 15.7. The van der Waals surface area contributed by atoms with E-state index in [0.29, 0.717) is 23.0 Å². The molecule has 2 rings (SSSR count). The van der Waals surface area contributed by atoms with E-state index in [0.717, 1.165) is 32.6 Å². The second-order valence-electron chi connectivity index (χ2n) is 4.55. The Bertz CT molecular complexity index is 445. The van der Waals surface area contributed by atoms with Crippen LogP contribution in [-0.2, 0) is 9.47 Å². The van der Waals surface area contributed by atoms with Gasteiger partial charge in [0.1, 0.15) is 5.82 Å². The number of nitrogen functional groups attached to an aromatic ring is 1. The van der Waals surface area contributed by atoms with Gasteiger partial charge in [0.15, 0.2) is 0 Å². The van der Waals surface area contributed by atoms with Crippen molar-refractivity contribution in [2.45, 2.75) is 12.8 Å². The highest BCUT2D eigenvalue weighted by molar-refractivity contribution is 5.97. The predicted molar refractivity (Wildman–Crippen MR) is 72.0 cm³/mol. The predicted octanol–water partition coefficient (Wildman–Crippen LogP) is 1.29. The van der Waals surface area contributed by atoms with Gasteiger partial charge in [-0.3, -0.25) is 0 Å². The Balaban J connectivity index is 2.01. The summed E-state index contributed by atoms with van der Waals surface area (Å²) in [5.74, 6) is 0.639. The average Bonchev–Trinajstić information content (AvgIpc) is 2.46. The summed E-state index contributed by atoms with van der Waals surface area (Å²) in [7, 11) is 1.33. The van der Waals surface area contributed by atoms with E-state index in [9.17, 15) is 4.79 Å². The Morgan fingerprint density at radius 2 is 2.32 bits per heavy atom. The molecule has 0 bridgehead atoms. The van der Waals surface area contributed by atoms with E-state index in [2.05, 4.69) is 15.0 Å². The third-order valence-corrected chi connectivity index (χ3v) is 3.29. The molecular formula is C13H19N3O3. The van der Waals surface area contributed by atoms with Crippen molar-refractivity contribution < 1.29 is 14.3 Å². The fourth-order valence-electron chi connectivity index (χ4n) is 2.09. The molecule has 1 aromatic heterocycles. The summed E-state index contributed by atoms with van der Waals surface area (Å²) >= 11 is 0. The van der Waals surface area contributed by atoms with Crippen LogP contribution >= 0.6 is 0 Å². The number of carbonyl (C=O) groups is 1. The van der Waals surface area contributed by atoms with Crippen molar-refractivity contribution in [2.24, 2.45) is 5.92 Å². The number of pyridine rings is 1. The fourth-order valence-corrected chi connectivity index (χ4v) is 2.09. The molecule has 2 heterocycles. The van der Waals surface area contributed by atoms with Gasteiger partial charge in [-0.2, -0.15) is 0 Å². The van der Waals surface area contributed by atoms with Gasteiger partial charge < -0.3 is 20.5 Å². The lowest BCUT2D eigenvalue weighted by Gasteiger charge is -2.22. The highest BCUT2D eigenvalue weighted by Gasteiger charge is 2.16. The van der Waals surface area contributed by atoms with E-state index in [-0.39, 0.29) is 0 Å². The molecule has 1 fully saturated rings. The lowest BCUT2D eigenvalue weighted by molar-refractivity contribution is 0.0602. The molecular weight excluding hydrogens is 246 g/mol. The molecule has 0 saturated carbocycles. The van der Waals surface area contributed by atoms with Gasteiger partial charge in [0, 0.05) is 26.0 Å². The molecule has 6 heteroatoms. The molecule has 3 N–H and O–H groups in total. The highest BCUT2D eigenvalue weighted by Crippen LogP contribution is 2.22. The van der Waals surface area contributed by atoms with Crippen molar-refractivity contribution in [1.82, 2.24) is 4.98 Å². The number of nitrogens with zero attached hydrogens (tertiary/aromatic N) is 1. The van der Waals surface area contributed by atoms with Gasteiger partial charge in [-0.25, -0.2) is 9.78 Å². The van der Waals surface area contributed by atoms with Gasteiger partial charge in [-0.15, -0.1) is 0 Å². The van der Waals surface area contributed by atoms with Crippen LogP contribution in [0.15, 0.2) is 12.3 Å². The zero-order valence-electron chi connectivity index (χ0n) is 11.0. The van der Waals surface area contributed by atoms with Crippen LogP contribution in [0.5, 0.6) is 0 Å². The van der Waals surface area contributed by atoms with Gasteiger partial charge in [-0.05, 0) is 24.8 Å². The van der Waals surface area contributed by atoms with Crippen LogP contribution in [-0.4, -0.2) is 37.8 Å². The molecule has 1 aliphatic rings. The van der Waals surface area contributed by atoms with E-state index in [1.54, 1.807) is 12.3 Å². The van der Waals surface area contributed by atoms with Gasteiger partial charge in [-0.1, -0.05) is 0 Å². The van der Waals surface area contributed by atoms with Crippen LogP contribution in [0, 0.1) is 5.92 Å². The molecule has 0 spiro atoms. The number of esters is 1. The molecule has 1 aromatic rings. The SMILES string of the molecule is COC(=O)c1ccnc(NCC2CCOCC2)c1N. The Kier molecular flexibility index (Phi) is 4.57. The molecule has 0 unspecified atom stereocenters. The maximum atomic E-state index is 11.5. The minimum Gasteiger partial charge on any atom is -0.465 e. The number of nitrogens with one attached hydrogen (secondary N) is 1. The average molecular weight is 265 g/mol. The van der Waals surface area contributed by atoms with Crippen LogP contribution in [0.1, 0.15) is 23.2 Å². The van der Waals surface area contributed by atoms with Gasteiger partial charge in [0.25, 0.3) is 0 Å². The van der Waals surface area contributed by atoms with Crippen molar-refractivity contribution in [3.8, 4) is 0 Å². The van der Waals surface area contributed by atoms with Crippen LogP contribution in [0.25, 0.3) is 0 Å². The number of hydrogen-bond acceptors (Lipinski definition) is 6. The minimum absolute atomic E-state index is 0.335. The van der Waals surface area contributed by atoms with Crippen LogP contribution < -0.4 is 11.1 Å². The third-order valence-electron chi connectivity index (χ3n) is 3.29. The Labute approximate surface area is 112 Å². The molecule has 0 atom stereocenters. The monoisotopic (exact) mass is 265 g/mol. The lowest BCUT2D eigenvalue weighted by Crippen LogP contribution is -2.23. The topological polar surface area (TPSA) is 86.5 Å². The summed E-state index contributed by atoms with van der Waals surface area (Å²) in [6.45, 7) is 2.39. The normalized spacial score (nSPS) is 16.1. The quantitative estimate of drug-likeness (QED) is 0.798. The zero-order valence-corrected chi connectivity index (χ0v) is 11.0. The first kappa shape index (κ1) is 13.6. The summed E-state index contributed by atoms with van der Waals surface area (Å²) in [5.41, 5.74) is 6.60. The summed E-state index contributed by atoms with van der Waals surface area (Å²) < 4.78 is 9.99. The van der Waals surface area contributed by atoms with Crippen molar-refractivity contribution in [2.75, 3.05) is 37.9 Å². The lowest BCUT2D eigenvalue weighted by atomic mass is 10.0. The van der Waals surface area contributed by atoms with E-state index >= 15 is 0 Å². The summed E-state index contributed by atoms with van der Waals surface area (Å²) in [6.07, 6.45) is 3.61. The first-order chi connectivity index (χ1) is 9.22. The smallest absolute Gasteiger partial charge is 0.340 e. The van der Waals surface area contributed by atoms with Crippen molar-refractivity contribution >= 4 is 17.5 Å². The summed E-state index contributed by atoms with van der Waals surface area (Å²) in [5, 5.41) is 3.20. The van der Waals surface area contributed by atoms with Crippen LogP contribution in [0.3, 0.4) is 0 Å². The van der Waals surface area contributed by atoms with E-state index in [4.69, 9.17) is 10.5 Å². The van der Waals surface area contributed by atoms with Gasteiger partial charge in [0.05, 0.1) is 18.4 Å². The number of rotatable bonds is 4. The maximum Gasteiger partial charge on any atom is 0.340 e. The number of aromatic nitrogens is 1. The summed E-state index contributed by atoms with van der Waals surface area (Å²) in [6, 6.07) is 1.56. The molecule has 0 radical (unpaired) electrons. The minimum atomic E-state index is -0.450. The Morgan fingerprint density at radius 1 is 1.58 bits per heavy atom. The Hall–Kier alpha value is -1.82. The number of carbonyl (C=O) groups excluding carboxylic acids is 1. The standard InChI is InChI=1S/C13H19N3O3/c1-18-13(17)10-2-5-15-12(11(10)14)16-8-9-3-6-19-7-4-9/h2,5,9H,3-4,6-8,14H2,1H3,(H,15,16). The number of methoxy groups -OCH3 is 1. The number of hydrogen-bond donors (Lipinski definition) is 2. The largest absolute Gasteiger partial charge is 0.465 e. The second-order valence-corrected chi connectivity index (χ2v) is 4.55. The Morgan fingerprint density at radius 3 is 3.00 bits per heavy atom. The van der Waals surface area contributed by atoms with Crippen molar-refractivity contribution in [1.29, 1.82) is 0 Å². The van der Waals surface area contributed by atoms with Crippen LogP contribution in [0.4, 0.5) is 11.5 Å². The molecule has 19 heavy (non-hydrogen) atoms.